The van der Waals surface area contributed by atoms with E-state index in [9.17, 15) is 22.8 Å². The number of rotatable bonds is 4. The molecular formula is C17H11Cl2F3N4O3. The lowest BCUT2D eigenvalue weighted by Gasteiger charge is -2.07. The van der Waals surface area contributed by atoms with Crippen LogP contribution in [0.4, 0.5) is 13.2 Å². The third kappa shape index (κ3) is 4.13. The molecule has 3 aromatic rings. The topological polar surface area (TPSA) is 79.0 Å². The van der Waals surface area contributed by atoms with Crippen molar-refractivity contribution in [1.29, 1.82) is 0 Å². The number of esters is 1. The minimum atomic E-state index is -4.84. The van der Waals surface area contributed by atoms with Crippen LogP contribution in [0.15, 0.2) is 41.5 Å². The molecule has 2 aromatic heterocycles. The SMILES string of the molecule is CCOC(=O)c1cn(-c2ccc(-n3ncc(Cl)c(Cl)c3=O)cc2)nc1C(F)(F)F. The van der Waals surface area contributed by atoms with Crippen molar-refractivity contribution >= 4 is 29.2 Å². The van der Waals surface area contributed by atoms with Crippen molar-refractivity contribution in [3.63, 3.8) is 0 Å². The number of hydrogen-bond donors (Lipinski definition) is 0. The van der Waals surface area contributed by atoms with Gasteiger partial charge in [-0.3, -0.25) is 4.79 Å². The zero-order chi connectivity index (χ0) is 21.3. The van der Waals surface area contributed by atoms with Gasteiger partial charge < -0.3 is 4.74 Å². The summed E-state index contributed by atoms with van der Waals surface area (Å²) in [5.41, 5.74) is -2.21. The summed E-state index contributed by atoms with van der Waals surface area (Å²) in [5, 5.41) is 7.11. The average molecular weight is 447 g/mol. The van der Waals surface area contributed by atoms with Crippen molar-refractivity contribution in [2.45, 2.75) is 13.1 Å². The largest absolute Gasteiger partial charge is 0.462 e. The van der Waals surface area contributed by atoms with E-state index in [-0.39, 0.29) is 22.3 Å². The Morgan fingerprint density at radius 1 is 1.17 bits per heavy atom. The van der Waals surface area contributed by atoms with Crippen molar-refractivity contribution in [3.05, 3.63) is 68.3 Å². The third-order valence-corrected chi connectivity index (χ3v) is 4.46. The lowest BCUT2D eigenvalue weighted by molar-refractivity contribution is -0.141. The first-order valence-electron chi connectivity index (χ1n) is 8.01. The molecule has 0 fully saturated rings. The summed E-state index contributed by atoms with van der Waals surface area (Å²) >= 11 is 11.5. The molecule has 7 nitrogen and oxygen atoms in total. The van der Waals surface area contributed by atoms with E-state index in [1.165, 1.54) is 37.4 Å². The Balaban J connectivity index is 2.01. The van der Waals surface area contributed by atoms with Gasteiger partial charge in [-0.1, -0.05) is 23.2 Å². The molecule has 1 aromatic carbocycles. The van der Waals surface area contributed by atoms with Crippen LogP contribution < -0.4 is 5.56 Å². The first-order chi connectivity index (χ1) is 13.6. The van der Waals surface area contributed by atoms with E-state index >= 15 is 0 Å². The van der Waals surface area contributed by atoms with Crippen molar-refractivity contribution in [1.82, 2.24) is 19.6 Å². The van der Waals surface area contributed by atoms with Gasteiger partial charge in [0.15, 0.2) is 5.69 Å². The zero-order valence-electron chi connectivity index (χ0n) is 14.6. The molecule has 0 radical (unpaired) electrons. The van der Waals surface area contributed by atoms with Crippen LogP contribution in [0.25, 0.3) is 11.4 Å². The molecule has 0 aliphatic heterocycles. The van der Waals surface area contributed by atoms with Crippen molar-refractivity contribution < 1.29 is 22.7 Å². The Morgan fingerprint density at radius 3 is 2.38 bits per heavy atom. The minimum Gasteiger partial charge on any atom is -0.462 e. The fourth-order valence-corrected chi connectivity index (χ4v) is 2.67. The molecule has 0 unspecified atom stereocenters. The number of aromatic nitrogens is 4. The summed E-state index contributed by atoms with van der Waals surface area (Å²) in [5.74, 6) is -1.13. The fourth-order valence-electron chi connectivity index (χ4n) is 2.42. The van der Waals surface area contributed by atoms with Gasteiger partial charge >= 0.3 is 12.1 Å². The van der Waals surface area contributed by atoms with Crippen molar-refractivity contribution in [3.8, 4) is 11.4 Å². The number of alkyl halides is 3. The van der Waals surface area contributed by atoms with Crippen LogP contribution in [0.1, 0.15) is 23.0 Å². The van der Waals surface area contributed by atoms with Gasteiger partial charge in [-0.05, 0) is 31.2 Å². The highest BCUT2D eigenvalue weighted by atomic mass is 35.5. The molecule has 12 heteroatoms. The molecule has 3 rings (SSSR count). The molecule has 2 heterocycles. The highest BCUT2D eigenvalue weighted by Crippen LogP contribution is 2.32. The number of carbonyl (C=O) groups excluding carboxylic acids is 1. The quantitative estimate of drug-likeness (QED) is 0.567. The lowest BCUT2D eigenvalue weighted by atomic mass is 10.2. The number of carbonyl (C=O) groups is 1. The highest BCUT2D eigenvalue weighted by Gasteiger charge is 2.39. The molecule has 0 N–H and O–H groups in total. The van der Waals surface area contributed by atoms with Crippen LogP contribution in [0, 0.1) is 0 Å². The molecule has 29 heavy (non-hydrogen) atoms. The summed E-state index contributed by atoms with van der Waals surface area (Å²) in [7, 11) is 0. The van der Waals surface area contributed by atoms with Crippen LogP contribution in [-0.2, 0) is 10.9 Å². The standard InChI is InChI=1S/C17H11Cl2F3N4O3/c1-2-29-16(28)11-8-25(24-14(11)17(20,21)22)9-3-5-10(6-4-9)26-15(27)13(19)12(18)7-23-26/h3-8H,2H2,1H3. The van der Waals surface area contributed by atoms with Crippen molar-refractivity contribution in [2.24, 2.45) is 0 Å². The van der Waals surface area contributed by atoms with Crippen LogP contribution >= 0.6 is 23.2 Å². The van der Waals surface area contributed by atoms with Gasteiger partial charge in [-0.25, -0.2) is 9.48 Å². The zero-order valence-corrected chi connectivity index (χ0v) is 16.1. The van der Waals surface area contributed by atoms with E-state index in [4.69, 9.17) is 23.2 Å². The van der Waals surface area contributed by atoms with Gasteiger partial charge in [0, 0.05) is 6.20 Å². The summed E-state index contributed by atoms with van der Waals surface area (Å²) in [6.07, 6.45) is -2.72. The molecule has 0 saturated carbocycles. The molecule has 0 atom stereocenters. The second-order valence-corrected chi connectivity index (χ2v) is 6.38. The fraction of sp³-hybridized carbons (Fsp3) is 0.176. The average Bonchev–Trinajstić information content (AvgIpc) is 3.13. The predicted octanol–water partition coefficient (Wildman–Crippen LogP) is 3.92. The number of nitrogens with zero attached hydrogens (tertiary/aromatic N) is 4. The monoisotopic (exact) mass is 446 g/mol. The van der Waals surface area contributed by atoms with Crippen LogP contribution in [0.3, 0.4) is 0 Å². The smallest absolute Gasteiger partial charge is 0.436 e. The maximum atomic E-state index is 13.2. The number of benzene rings is 1. The molecule has 0 aliphatic carbocycles. The maximum absolute atomic E-state index is 13.2. The lowest BCUT2D eigenvalue weighted by Crippen LogP contribution is -2.21. The van der Waals surface area contributed by atoms with Gasteiger partial charge in [0.05, 0.1) is 29.2 Å². The van der Waals surface area contributed by atoms with E-state index in [0.29, 0.717) is 5.69 Å². The van der Waals surface area contributed by atoms with Gasteiger partial charge in [0.25, 0.3) is 5.56 Å². The van der Waals surface area contributed by atoms with Crippen LogP contribution in [-0.4, -0.2) is 32.1 Å². The summed E-state index contributed by atoms with van der Waals surface area (Å²) in [6, 6.07) is 5.64. The van der Waals surface area contributed by atoms with Gasteiger partial charge in [0.1, 0.15) is 10.6 Å². The molecule has 0 spiro atoms. The second-order valence-electron chi connectivity index (χ2n) is 5.59. The third-order valence-electron chi connectivity index (χ3n) is 3.71. The number of ether oxygens (including phenoxy) is 1. The van der Waals surface area contributed by atoms with E-state index in [1.54, 1.807) is 0 Å². The summed E-state index contributed by atoms with van der Waals surface area (Å²) in [4.78, 5) is 24.0. The number of halogens is 5. The molecule has 0 saturated heterocycles. The first kappa shape index (κ1) is 20.9. The second kappa shape index (κ2) is 7.88. The van der Waals surface area contributed by atoms with E-state index in [2.05, 4.69) is 14.9 Å². The van der Waals surface area contributed by atoms with E-state index in [1.807, 2.05) is 0 Å². The molecule has 0 aliphatic rings. The van der Waals surface area contributed by atoms with Gasteiger partial charge in [0.2, 0.25) is 0 Å². The Kier molecular flexibility index (Phi) is 5.67. The Morgan fingerprint density at radius 2 is 1.79 bits per heavy atom. The normalized spacial score (nSPS) is 11.5. The van der Waals surface area contributed by atoms with Gasteiger partial charge in [-0.15, -0.1) is 0 Å². The Hall–Kier alpha value is -2.85. The molecule has 0 amide bonds. The Labute approximate surface area is 171 Å². The first-order valence-corrected chi connectivity index (χ1v) is 8.77. The summed E-state index contributed by atoms with van der Waals surface area (Å²) < 4.78 is 46.2. The minimum absolute atomic E-state index is 0.00717. The van der Waals surface area contributed by atoms with Gasteiger partial charge in [-0.2, -0.15) is 28.1 Å². The molecule has 0 bridgehead atoms. The molecule has 152 valence electrons. The highest BCUT2D eigenvalue weighted by molar-refractivity contribution is 6.41. The maximum Gasteiger partial charge on any atom is 0.436 e. The number of hydrogen-bond acceptors (Lipinski definition) is 5. The van der Waals surface area contributed by atoms with E-state index < -0.39 is 29.0 Å². The van der Waals surface area contributed by atoms with E-state index in [0.717, 1.165) is 15.6 Å². The predicted molar refractivity (Wildman–Crippen MR) is 97.9 cm³/mol. The van der Waals surface area contributed by atoms with Crippen LogP contribution in [0.5, 0.6) is 0 Å². The Bertz CT molecular complexity index is 1120. The molecular weight excluding hydrogens is 436 g/mol. The summed E-state index contributed by atoms with van der Waals surface area (Å²) in [6.45, 7) is 1.40. The van der Waals surface area contributed by atoms with Crippen molar-refractivity contribution in [2.75, 3.05) is 6.61 Å². The van der Waals surface area contributed by atoms with Crippen LogP contribution in [0.2, 0.25) is 10.0 Å².